The molecule has 0 fully saturated rings. The van der Waals surface area contributed by atoms with Gasteiger partial charge < -0.3 is 14.6 Å². The van der Waals surface area contributed by atoms with E-state index in [4.69, 9.17) is 4.74 Å². The lowest BCUT2D eigenvalue weighted by molar-refractivity contribution is -0.107. The van der Waals surface area contributed by atoms with Crippen molar-refractivity contribution in [2.24, 2.45) is 0 Å². The number of phenolic OH excluding ortho intramolecular Hbond substituents is 1. The van der Waals surface area contributed by atoms with Crippen molar-refractivity contribution in [2.45, 2.75) is 33.8 Å². The summed E-state index contributed by atoms with van der Waals surface area (Å²) in [6, 6.07) is 7.61. The zero-order valence-corrected chi connectivity index (χ0v) is 14.9. The molecule has 2 aromatic carbocycles. The molecule has 1 aromatic heterocycles. The molecular weight excluding hydrogens is 320 g/mol. The number of benzene rings is 2. The summed E-state index contributed by atoms with van der Waals surface area (Å²) in [7, 11) is 0. The minimum Gasteiger partial charge on any atom is -0.508 e. The van der Waals surface area contributed by atoms with Gasteiger partial charge in [0.15, 0.2) is 0 Å². The minimum absolute atomic E-state index is 0.259. The molecule has 0 saturated heterocycles. The van der Waals surface area contributed by atoms with E-state index >= 15 is 0 Å². The van der Waals surface area contributed by atoms with Crippen LogP contribution in [-0.4, -0.2) is 11.4 Å². The fraction of sp³-hybridized carbons (Fsp3) is 0.250. The Bertz CT molecular complexity index is 909. The van der Waals surface area contributed by atoms with Gasteiger partial charge in [-0.1, -0.05) is 12.1 Å². The second-order valence-electron chi connectivity index (χ2n) is 6.07. The minimum atomic E-state index is 0.259. The first-order chi connectivity index (χ1) is 11.5. The maximum atomic E-state index is 10.9. The Balaban J connectivity index is 1.92. The van der Waals surface area contributed by atoms with E-state index in [-0.39, 0.29) is 5.75 Å². The first-order valence-corrected chi connectivity index (χ1v) is 8.74. The molecule has 0 aliphatic carbocycles. The van der Waals surface area contributed by atoms with Crippen LogP contribution in [0.4, 0.5) is 0 Å². The van der Waals surface area contributed by atoms with Crippen LogP contribution in [0.1, 0.15) is 27.8 Å². The highest BCUT2D eigenvalue weighted by atomic mass is 32.1. The molecule has 0 atom stereocenters. The summed E-state index contributed by atoms with van der Waals surface area (Å²) in [5, 5.41) is 13.2. The van der Waals surface area contributed by atoms with Gasteiger partial charge in [-0.15, -0.1) is 11.3 Å². The average molecular weight is 340 g/mol. The quantitative estimate of drug-likeness (QED) is 0.675. The Kier molecular flexibility index (Phi) is 4.58. The van der Waals surface area contributed by atoms with E-state index in [1.54, 1.807) is 17.4 Å². The van der Waals surface area contributed by atoms with E-state index in [2.05, 4.69) is 5.38 Å². The SMILES string of the molecule is Cc1ccc(COc2cc(C)c3c(CC=O)csc3c2C)c(O)c1. The van der Waals surface area contributed by atoms with Gasteiger partial charge in [0.25, 0.3) is 0 Å². The van der Waals surface area contributed by atoms with Gasteiger partial charge in [0.1, 0.15) is 24.4 Å². The first-order valence-electron chi connectivity index (χ1n) is 7.86. The molecule has 3 rings (SSSR count). The summed E-state index contributed by atoms with van der Waals surface area (Å²) in [6.45, 7) is 6.34. The predicted molar refractivity (Wildman–Crippen MR) is 98.2 cm³/mol. The largest absolute Gasteiger partial charge is 0.508 e. The smallest absolute Gasteiger partial charge is 0.124 e. The molecular formula is C20H20O3S. The zero-order chi connectivity index (χ0) is 17.3. The molecule has 3 aromatic rings. The Morgan fingerprint density at radius 1 is 1.17 bits per heavy atom. The van der Waals surface area contributed by atoms with Crippen molar-refractivity contribution < 1.29 is 14.6 Å². The van der Waals surface area contributed by atoms with Gasteiger partial charge >= 0.3 is 0 Å². The standard InChI is InChI=1S/C20H20O3S/c1-12-4-5-15(17(22)8-12)10-23-18-9-13(2)19-16(6-7-21)11-24-20(19)14(18)3/h4-5,7-9,11,22H,6,10H2,1-3H3. The van der Waals surface area contributed by atoms with E-state index < -0.39 is 0 Å². The van der Waals surface area contributed by atoms with Gasteiger partial charge in [-0.3, -0.25) is 0 Å². The molecule has 0 spiro atoms. The van der Waals surface area contributed by atoms with Gasteiger partial charge in [-0.25, -0.2) is 0 Å². The van der Waals surface area contributed by atoms with E-state index in [0.29, 0.717) is 13.0 Å². The van der Waals surface area contributed by atoms with Crippen molar-refractivity contribution in [1.82, 2.24) is 0 Å². The number of hydrogen-bond donors (Lipinski definition) is 1. The van der Waals surface area contributed by atoms with Crippen molar-refractivity contribution >= 4 is 27.7 Å². The van der Waals surface area contributed by atoms with Gasteiger partial charge in [0.2, 0.25) is 0 Å². The Labute approximate surface area is 145 Å². The van der Waals surface area contributed by atoms with Crippen LogP contribution in [0.2, 0.25) is 0 Å². The molecule has 124 valence electrons. The van der Waals surface area contributed by atoms with Crippen LogP contribution in [0.15, 0.2) is 29.6 Å². The fourth-order valence-electron chi connectivity index (χ4n) is 2.93. The second-order valence-corrected chi connectivity index (χ2v) is 6.95. The lowest BCUT2D eigenvalue weighted by Gasteiger charge is -2.13. The Morgan fingerprint density at radius 3 is 2.67 bits per heavy atom. The first kappa shape index (κ1) is 16.5. The number of phenols is 1. The van der Waals surface area contributed by atoms with E-state index in [1.807, 2.05) is 39.0 Å². The molecule has 0 amide bonds. The van der Waals surface area contributed by atoms with Gasteiger partial charge in [-0.2, -0.15) is 0 Å². The van der Waals surface area contributed by atoms with Crippen molar-refractivity contribution in [3.05, 3.63) is 57.5 Å². The fourth-order valence-corrected chi connectivity index (χ4v) is 4.09. The molecule has 0 radical (unpaired) electrons. The number of carbonyl (C=O) groups is 1. The molecule has 0 aliphatic rings. The van der Waals surface area contributed by atoms with E-state index in [0.717, 1.165) is 49.9 Å². The Hall–Kier alpha value is -2.33. The third-order valence-electron chi connectivity index (χ3n) is 4.25. The van der Waals surface area contributed by atoms with Crippen molar-refractivity contribution in [1.29, 1.82) is 0 Å². The number of aromatic hydroxyl groups is 1. The molecule has 0 saturated carbocycles. The lowest BCUT2D eigenvalue weighted by atomic mass is 10.0. The van der Waals surface area contributed by atoms with Crippen LogP contribution in [0.5, 0.6) is 11.5 Å². The molecule has 1 N–H and O–H groups in total. The predicted octanol–water partition coefficient (Wildman–Crippen LogP) is 4.85. The summed E-state index contributed by atoms with van der Waals surface area (Å²) in [6.07, 6.45) is 1.39. The summed E-state index contributed by atoms with van der Waals surface area (Å²) in [5.41, 5.74) is 5.05. The van der Waals surface area contributed by atoms with Crippen molar-refractivity contribution in [3.8, 4) is 11.5 Å². The van der Waals surface area contributed by atoms with Crippen LogP contribution in [0.3, 0.4) is 0 Å². The summed E-state index contributed by atoms with van der Waals surface area (Å²) in [5.74, 6) is 1.08. The van der Waals surface area contributed by atoms with Crippen molar-refractivity contribution in [2.75, 3.05) is 0 Å². The molecule has 0 aliphatic heterocycles. The monoisotopic (exact) mass is 340 g/mol. The highest BCUT2D eigenvalue weighted by Gasteiger charge is 2.14. The van der Waals surface area contributed by atoms with Crippen LogP contribution in [0.25, 0.3) is 10.1 Å². The second kappa shape index (κ2) is 6.65. The summed E-state index contributed by atoms with van der Waals surface area (Å²) >= 11 is 1.65. The topological polar surface area (TPSA) is 46.5 Å². The number of rotatable bonds is 5. The zero-order valence-electron chi connectivity index (χ0n) is 14.1. The maximum Gasteiger partial charge on any atom is 0.124 e. The number of ether oxygens (including phenoxy) is 1. The number of carbonyl (C=O) groups excluding carboxylic acids is 1. The van der Waals surface area contributed by atoms with Crippen LogP contribution in [-0.2, 0) is 17.8 Å². The molecule has 3 nitrogen and oxygen atoms in total. The van der Waals surface area contributed by atoms with Crippen LogP contribution >= 0.6 is 11.3 Å². The highest BCUT2D eigenvalue weighted by molar-refractivity contribution is 7.17. The van der Waals surface area contributed by atoms with Crippen LogP contribution in [0, 0.1) is 20.8 Å². The number of thiophene rings is 1. The Morgan fingerprint density at radius 2 is 1.96 bits per heavy atom. The molecule has 1 heterocycles. The molecule has 4 heteroatoms. The van der Waals surface area contributed by atoms with Gasteiger partial charge in [-0.05, 0) is 60.4 Å². The number of aryl methyl sites for hydroxylation is 3. The summed E-state index contributed by atoms with van der Waals surface area (Å²) in [4.78, 5) is 10.9. The molecule has 0 bridgehead atoms. The third-order valence-corrected chi connectivity index (χ3v) is 5.39. The normalized spacial score (nSPS) is 11.0. The van der Waals surface area contributed by atoms with Gasteiger partial charge in [0, 0.05) is 22.2 Å². The molecule has 24 heavy (non-hydrogen) atoms. The molecule has 0 unspecified atom stereocenters. The van der Waals surface area contributed by atoms with E-state index in [9.17, 15) is 9.90 Å². The van der Waals surface area contributed by atoms with Gasteiger partial charge in [0.05, 0.1) is 0 Å². The number of hydrogen-bond acceptors (Lipinski definition) is 4. The number of fused-ring (bicyclic) bond motifs is 1. The van der Waals surface area contributed by atoms with Crippen LogP contribution < -0.4 is 4.74 Å². The summed E-state index contributed by atoms with van der Waals surface area (Å²) < 4.78 is 7.14. The third kappa shape index (κ3) is 3.02. The average Bonchev–Trinajstić information content (AvgIpc) is 2.96. The highest BCUT2D eigenvalue weighted by Crippen LogP contribution is 2.37. The van der Waals surface area contributed by atoms with Crippen molar-refractivity contribution in [3.63, 3.8) is 0 Å². The maximum absolute atomic E-state index is 10.9. The van der Waals surface area contributed by atoms with E-state index in [1.165, 1.54) is 0 Å². The number of aldehydes is 1. The lowest BCUT2D eigenvalue weighted by Crippen LogP contribution is -1.99.